The third kappa shape index (κ3) is 3.73. The summed E-state index contributed by atoms with van der Waals surface area (Å²) in [5.41, 5.74) is 1.30. The van der Waals surface area contributed by atoms with E-state index in [0.717, 1.165) is 22.6 Å². The predicted octanol–water partition coefficient (Wildman–Crippen LogP) is 5.60. The van der Waals surface area contributed by atoms with Crippen LogP contribution in [0.2, 0.25) is 0 Å². The number of halogens is 1. The zero-order valence-corrected chi connectivity index (χ0v) is 17.3. The SMILES string of the molecule is CC.CC.CN1CC(C)(C(C)(C)F)c2cc1ccc2-c1nccn1C. The number of imidazole rings is 1. The van der Waals surface area contributed by atoms with Crippen molar-refractivity contribution in [1.82, 2.24) is 9.55 Å². The largest absolute Gasteiger partial charge is 0.374 e. The number of aryl methyl sites for hydroxylation is 1. The van der Waals surface area contributed by atoms with Gasteiger partial charge in [-0.3, -0.25) is 0 Å². The fourth-order valence-electron chi connectivity index (χ4n) is 3.21. The van der Waals surface area contributed by atoms with Crippen molar-refractivity contribution in [2.24, 2.45) is 7.05 Å². The molecule has 1 aliphatic rings. The number of anilines is 1. The van der Waals surface area contributed by atoms with E-state index in [1.807, 2.05) is 59.5 Å². The summed E-state index contributed by atoms with van der Waals surface area (Å²) in [6.45, 7) is 14.0. The predicted molar refractivity (Wildman–Crippen MR) is 107 cm³/mol. The first-order valence-electron chi connectivity index (χ1n) is 9.26. The number of hydrogen-bond acceptors (Lipinski definition) is 2. The maximum atomic E-state index is 15.0. The van der Waals surface area contributed by atoms with E-state index in [0.29, 0.717) is 6.54 Å². The van der Waals surface area contributed by atoms with Gasteiger partial charge in [0, 0.05) is 49.7 Å². The molecule has 4 heteroatoms. The van der Waals surface area contributed by atoms with Crippen LogP contribution < -0.4 is 4.90 Å². The lowest BCUT2D eigenvalue weighted by Crippen LogP contribution is -2.52. The highest BCUT2D eigenvalue weighted by molar-refractivity contribution is 5.70. The van der Waals surface area contributed by atoms with Crippen LogP contribution in [-0.2, 0) is 12.5 Å². The molecule has 2 aromatic rings. The third-order valence-corrected chi connectivity index (χ3v) is 4.97. The zero-order chi connectivity index (χ0) is 19.4. The van der Waals surface area contributed by atoms with Gasteiger partial charge in [-0.2, -0.15) is 0 Å². The molecule has 3 rings (SSSR count). The molecule has 2 heterocycles. The van der Waals surface area contributed by atoms with Gasteiger partial charge < -0.3 is 9.47 Å². The van der Waals surface area contributed by atoms with E-state index in [4.69, 9.17) is 0 Å². The van der Waals surface area contributed by atoms with Crippen LogP contribution in [0.15, 0.2) is 30.6 Å². The Hall–Kier alpha value is -1.84. The van der Waals surface area contributed by atoms with E-state index in [9.17, 15) is 4.39 Å². The highest BCUT2D eigenvalue weighted by atomic mass is 19.1. The zero-order valence-electron chi connectivity index (χ0n) is 17.3. The second kappa shape index (κ2) is 8.03. The van der Waals surface area contributed by atoms with Crippen molar-refractivity contribution in [1.29, 1.82) is 0 Å². The van der Waals surface area contributed by atoms with Crippen LogP contribution in [0.25, 0.3) is 11.4 Å². The first-order chi connectivity index (χ1) is 11.7. The molecule has 25 heavy (non-hydrogen) atoms. The fourth-order valence-corrected chi connectivity index (χ4v) is 3.21. The Kier molecular flexibility index (Phi) is 6.81. The third-order valence-electron chi connectivity index (χ3n) is 4.97. The van der Waals surface area contributed by atoms with Crippen molar-refractivity contribution in [2.75, 3.05) is 18.5 Å². The Labute approximate surface area is 152 Å². The van der Waals surface area contributed by atoms with Crippen LogP contribution in [0.1, 0.15) is 54.0 Å². The first-order valence-corrected chi connectivity index (χ1v) is 9.26. The number of likely N-dealkylation sites (N-methyl/N-ethyl adjacent to an activating group) is 1. The summed E-state index contributed by atoms with van der Waals surface area (Å²) in [6.07, 6.45) is 3.70. The van der Waals surface area contributed by atoms with Crippen molar-refractivity contribution in [3.05, 3.63) is 36.2 Å². The number of rotatable bonds is 2. The van der Waals surface area contributed by atoms with Gasteiger partial charge in [0.25, 0.3) is 0 Å². The molecule has 1 aromatic heterocycles. The number of alkyl halides is 1. The van der Waals surface area contributed by atoms with Crippen LogP contribution in [0.4, 0.5) is 10.1 Å². The minimum Gasteiger partial charge on any atom is -0.374 e. The molecule has 0 saturated heterocycles. The Bertz CT molecular complexity index is 685. The topological polar surface area (TPSA) is 21.1 Å². The standard InChI is InChI=1S/C17H22FN3.2C2H6/c1-16(2,18)17(3)11-21(5)12-6-7-13(14(17)10-12)15-19-8-9-20(15)4;2*1-2/h6-10H,11H2,1-5H3;2*1-2H3. The lowest BCUT2D eigenvalue weighted by molar-refractivity contribution is 0.104. The van der Waals surface area contributed by atoms with Gasteiger partial charge in [0.05, 0.1) is 0 Å². The van der Waals surface area contributed by atoms with E-state index < -0.39 is 11.1 Å². The van der Waals surface area contributed by atoms with Gasteiger partial charge in [-0.05, 0) is 37.6 Å². The number of hydrogen-bond donors (Lipinski definition) is 0. The Morgan fingerprint density at radius 1 is 1.12 bits per heavy atom. The summed E-state index contributed by atoms with van der Waals surface area (Å²) < 4.78 is 17.0. The molecule has 3 nitrogen and oxygen atoms in total. The smallest absolute Gasteiger partial charge is 0.139 e. The van der Waals surface area contributed by atoms with E-state index in [1.54, 1.807) is 20.0 Å². The van der Waals surface area contributed by atoms with Crippen molar-refractivity contribution in [3.63, 3.8) is 0 Å². The highest BCUT2D eigenvalue weighted by Gasteiger charge is 2.47. The Morgan fingerprint density at radius 2 is 1.72 bits per heavy atom. The molecule has 1 aromatic carbocycles. The van der Waals surface area contributed by atoms with Gasteiger partial charge >= 0.3 is 0 Å². The van der Waals surface area contributed by atoms with E-state index in [-0.39, 0.29) is 0 Å². The number of nitrogens with zero attached hydrogens (tertiary/aromatic N) is 3. The monoisotopic (exact) mass is 347 g/mol. The fraction of sp³-hybridized carbons (Fsp3) is 0.571. The maximum Gasteiger partial charge on any atom is 0.139 e. The molecular weight excluding hydrogens is 313 g/mol. The maximum absolute atomic E-state index is 15.0. The van der Waals surface area contributed by atoms with E-state index in [1.165, 1.54) is 0 Å². The molecule has 1 unspecified atom stereocenters. The lowest BCUT2D eigenvalue weighted by atomic mass is 9.67. The van der Waals surface area contributed by atoms with Crippen molar-refractivity contribution in [3.8, 4) is 11.4 Å². The average Bonchev–Trinajstić information content (AvgIpc) is 3.01. The molecular formula is C21H34FN3. The van der Waals surface area contributed by atoms with E-state index in [2.05, 4.69) is 28.1 Å². The van der Waals surface area contributed by atoms with Gasteiger partial charge in [-0.1, -0.05) is 34.6 Å². The number of benzene rings is 1. The molecule has 2 bridgehead atoms. The first kappa shape index (κ1) is 21.2. The second-order valence-electron chi connectivity index (χ2n) is 6.75. The summed E-state index contributed by atoms with van der Waals surface area (Å²) in [7, 11) is 3.98. The minimum atomic E-state index is -1.32. The van der Waals surface area contributed by atoms with Gasteiger partial charge in [0.2, 0.25) is 0 Å². The molecule has 1 atom stereocenters. The summed E-state index contributed by atoms with van der Waals surface area (Å²) in [5, 5.41) is 0. The molecule has 1 aliphatic heterocycles. The highest BCUT2D eigenvalue weighted by Crippen LogP contribution is 2.47. The molecule has 0 radical (unpaired) electrons. The van der Waals surface area contributed by atoms with Crippen molar-refractivity contribution >= 4 is 5.69 Å². The second-order valence-corrected chi connectivity index (χ2v) is 6.75. The average molecular weight is 348 g/mol. The van der Waals surface area contributed by atoms with Crippen LogP contribution in [0.5, 0.6) is 0 Å². The van der Waals surface area contributed by atoms with E-state index >= 15 is 0 Å². The Balaban J connectivity index is 0.000000730. The molecule has 0 aliphatic carbocycles. The van der Waals surface area contributed by atoms with Crippen LogP contribution >= 0.6 is 0 Å². The minimum absolute atomic E-state index is 0.572. The molecule has 140 valence electrons. The number of aromatic nitrogens is 2. The summed E-state index contributed by atoms with van der Waals surface area (Å²) in [4.78, 5) is 6.56. The molecule has 0 amide bonds. The van der Waals surface area contributed by atoms with Gasteiger partial charge in [0.15, 0.2) is 0 Å². The van der Waals surface area contributed by atoms with Gasteiger partial charge in [-0.25, -0.2) is 9.37 Å². The summed E-state index contributed by atoms with van der Waals surface area (Å²) >= 11 is 0. The molecule has 0 saturated carbocycles. The molecule has 0 fully saturated rings. The van der Waals surface area contributed by atoms with Crippen molar-refractivity contribution < 1.29 is 4.39 Å². The molecule has 0 N–H and O–H groups in total. The summed E-state index contributed by atoms with van der Waals surface area (Å²) in [6, 6.07) is 6.25. The van der Waals surface area contributed by atoms with Gasteiger partial charge in [-0.15, -0.1) is 0 Å². The quantitative estimate of drug-likeness (QED) is 0.705. The van der Waals surface area contributed by atoms with Crippen LogP contribution in [0.3, 0.4) is 0 Å². The van der Waals surface area contributed by atoms with Crippen LogP contribution in [-0.4, -0.2) is 28.8 Å². The van der Waals surface area contributed by atoms with Gasteiger partial charge in [0.1, 0.15) is 11.5 Å². The lowest BCUT2D eigenvalue weighted by Gasteiger charge is -2.46. The van der Waals surface area contributed by atoms with Crippen molar-refractivity contribution in [2.45, 2.75) is 59.5 Å². The Morgan fingerprint density at radius 3 is 2.20 bits per heavy atom. The molecule has 0 spiro atoms. The van der Waals surface area contributed by atoms with Crippen LogP contribution in [0, 0.1) is 0 Å². The number of fused-ring (bicyclic) bond motifs is 2. The summed E-state index contributed by atoms with van der Waals surface area (Å²) in [5.74, 6) is 0.886. The normalized spacial score (nSPS) is 18.7.